The van der Waals surface area contributed by atoms with Crippen molar-refractivity contribution in [1.29, 1.82) is 0 Å². The minimum Gasteiger partial charge on any atom is -0.346 e. The minimum atomic E-state index is -0.120. The second kappa shape index (κ2) is 8.51. The van der Waals surface area contributed by atoms with Gasteiger partial charge in [0.1, 0.15) is 6.54 Å². The van der Waals surface area contributed by atoms with Crippen molar-refractivity contribution in [2.75, 3.05) is 20.6 Å². The number of nitrogens with one attached hydrogen (secondary N) is 1. The molecule has 1 N–H and O–H groups in total. The summed E-state index contributed by atoms with van der Waals surface area (Å²) >= 11 is 0. The quantitative estimate of drug-likeness (QED) is 0.504. The zero-order valence-corrected chi connectivity index (χ0v) is 17.2. The number of amides is 1. The fourth-order valence-electron chi connectivity index (χ4n) is 3.92. The van der Waals surface area contributed by atoms with Crippen LogP contribution in [0.3, 0.4) is 0 Å². The van der Waals surface area contributed by atoms with Crippen LogP contribution < -0.4 is 10.7 Å². The van der Waals surface area contributed by atoms with Gasteiger partial charge in [0, 0.05) is 17.3 Å². The molecular formula is C25H25N3O2. The molecule has 0 aliphatic heterocycles. The molecule has 30 heavy (non-hydrogen) atoms. The third kappa shape index (κ3) is 3.98. The van der Waals surface area contributed by atoms with Gasteiger partial charge in [0.05, 0.1) is 17.1 Å². The van der Waals surface area contributed by atoms with Crippen molar-refractivity contribution in [1.82, 2.24) is 14.8 Å². The van der Waals surface area contributed by atoms with Gasteiger partial charge < -0.3 is 14.8 Å². The van der Waals surface area contributed by atoms with Crippen LogP contribution in [0.25, 0.3) is 21.8 Å². The van der Waals surface area contributed by atoms with Gasteiger partial charge in [-0.25, -0.2) is 0 Å². The molecule has 3 aromatic carbocycles. The van der Waals surface area contributed by atoms with E-state index in [0.717, 1.165) is 16.6 Å². The first-order chi connectivity index (χ1) is 14.5. The molecule has 4 rings (SSSR count). The summed E-state index contributed by atoms with van der Waals surface area (Å²) in [6.07, 6.45) is 0. The summed E-state index contributed by atoms with van der Waals surface area (Å²) < 4.78 is 1.93. The average Bonchev–Trinajstić information content (AvgIpc) is 2.76. The third-order valence-electron chi connectivity index (χ3n) is 5.27. The highest BCUT2D eigenvalue weighted by Gasteiger charge is 2.18. The molecule has 152 valence electrons. The molecular weight excluding hydrogens is 374 g/mol. The molecule has 1 aromatic heterocycles. The van der Waals surface area contributed by atoms with Crippen molar-refractivity contribution in [3.8, 4) is 0 Å². The van der Waals surface area contributed by atoms with Crippen LogP contribution in [0.1, 0.15) is 11.6 Å². The maximum absolute atomic E-state index is 13.1. The van der Waals surface area contributed by atoms with Crippen LogP contribution in [0.2, 0.25) is 0 Å². The molecule has 5 heteroatoms. The number of nitrogens with zero attached hydrogens (tertiary/aromatic N) is 2. The fraction of sp³-hybridized carbons (Fsp3) is 0.200. The Morgan fingerprint density at radius 2 is 1.40 bits per heavy atom. The lowest BCUT2D eigenvalue weighted by atomic mass is 10.1. The Labute approximate surface area is 175 Å². The molecule has 1 amide bonds. The average molecular weight is 399 g/mol. The number of rotatable bonds is 6. The molecule has 5 nitrogen and oxygen atoms in total. The fourth-order valence-corrected chi connectivity index (χ4v) is 3.92. The SMILES string of the molecule is CN(C)C[C@H](NC(=O)Cn1c2ccccc2c(=O)c2ccccc21)c1ccccc1. The van der Waals surface area contributed by atoms with Gasteiger partial charge in [-0.2, -0.15) is 0 Å². The topological polar surface area (TPSA) is 54.3 Å². The van der Waals surface area contributed by atoms with Crippen LogP contribution in [0.15, 0.2) is 83.7 Å². The molecule has 1 heterocycles. The standard InChI is InChI=1S/C25H25N3O2/c1-27(2)16-21(18-10-4-3-5-11-18)26-24(29)17-28-22-14-8-6-12-19(22)25(30)20-13-7-9-15-23(20)28/h3-15,21H,16-17H2,1-2H3,(H,26,29)/t21-/m0/s1. The van der Waals surface area contributed by atoms with Gasteiger partial charge in [0.25, 0.3) is 0 Å². The normalized spacial score (nSPS) is 12.4. The zero-order chi connectivity index (χ0) is 21.1. The first-order valence-electron chi connectivity index (χ1n) is 10.0. The molecule has 4 aromatic rings. The van der Waals surface area contributed by atoms with Crippen LogP contribution in [0.5, 0.6) is 0 Å². The Balaban J connectivity index is 1.72. The number of aromatic nitrogens is 1. The van der Waals surface area contributed by atoms with Gasteiger partial charge >= 0.3 is 0 Å². The predicted molar refractivity (Wildman–Crippen MR) is 122 cm³/mol. The van der Waals surface area contributed by atoms with Crippen LogP contribution in [-0.2, 0) is 11.3 Å². The number of pyridine rings is 1. The summed E-state index contributed by atoms with van der Waals surface area (Å²) in [6, 6.07) is 24.8. The molecule has 0 spiro atoms. The maximum Gasteiger partial charge on any atom is 0.240 e. The lowest BCUT2D eigenvalue weighted by Gasteiger charge is -2.24. The van der Waals surface area contributed by atoms with E-state index in [1.165, 1.54) is 0 Å². The van der Waals surface area contributed by atoms with E-state index in [4.69, 9.17) is 0 Å². The number of benzene rings is 3. The van der Waals surface area contributed by atoms with Crippen molar-refractivity contribution in [3.63, 3.8) is 0 Å². The van der Waals surface area contributed by atoms with Gasteiger partial charge in [0.15, 0.2) is 5.43 Å². The summed E-state index contributed by atoms with van der Waals surface area (Å²) in [7, 11) is 3.98. The van der Waals surface area contributed by atoms with Crippen molar-refractivity contribution in [3.05, 3.63) is 94.6 Å². The minimum absolute atomic E-state index is 0.00683. The highest BCUT2D eigenvalue weighted by molar-refractivity contribution is 5.94. The summed E-state index contributed by atoms with van der Waals surface area (Å²) in [5.41, 5.74) is 2.59. The van der Waals surface area contributed by atoms with Crippen molar-refractivity contribution in [2.24, 2.45) is 0 Å². The highest BCUT2D eigenvalue weighted by atomic mass is 16.2. The second-order valence-corrected chi connectivity index (χ2v) is 7.74. The van der Waals surface area contributed by atoms with E-state index in [-0.39, 0.29) is 23.9 Å². The van der Waals surface area contributed by atoms with Crippen LogP contribution in [-0.4, -0.2) is 36.0 Å². The first kappa shape index (κ1) is 19.9. The van der Waals surface area contributed by atoms with Crippen LogP contribution in [0.4, 0.5) is 0 Å². The van der Waals surface area contributed by atoms with Crippen molar-refractivity contribution < 1.29 is 4.79 Å². The zero-order valence-electron chi connectivity index (χ0n) is 17.2. The number of carbonyl (C=O) groups excluding carboxylic acids is 1. The van der Waals surface area contributed by atoms with Gasteiger partial charge in [-0.15, -0.1) is 0 Å². The van der Waals surface area contributed by atoms with Gasteiger partial charge in [0.2, 0.25) is 5.91 Å². The van der Waals surface area contributed by atoms with E-state index in [1.807, 2.05) is 97.5 Å². The van der Waals surface area contributed by atoms with Gasteiger partial charge in [-0.1, -0.05) is 54.6 Å². The van der Waals surface area contributed by atoms with E-state index in [0.29, 0.717) is 17.3 Å². The number of likely N-dealkylation sites (N-methyl/N-ethyl adjacent to an activating group) is 1. The molecule has 0 aliphatic carbocycles. The Kier molecular flexibility index (Phi) is 5.63. The number of fused-ring (bicyclic) bond motifs is 2. The molecule has 0 aliphatic rings. The number of hydrogen-bond donors (Lipinski definition) is 1. The second-order valence-electron chi connectivity index (χ2n) is 7.74. The van der Waals surface area contributed by atoms with E-state index < -0.39 is 0 Å². The predicted octanol–water partition coefficient (Wildman–Crippen LogP) is 3.57. The van der Waals surface area contributed by atoms with E-state index in [2.05, 4.69) is 10.2 Å². The molecule has 0 saturated heterocycles. The highest BCUT2D eigenvalue weighted by Crippen LogP contribution is 2.20. The first-order valence-corrected chi connectivity index (χ1v) is 10.0. The summed E-state index contributed by atoms with van der Waals surface area (Å²) in [5, 5.41) is 4.42. The smallest absolute Gasteiger partial charge is 0.240 e. The van der Waals surface area contributed by atoms with Crippen LogP contribution in [0, 0.1) is 0 Å². The largest absolute Gasteiger partial charge is 0.346 e. The van der Waals surface area contributed by atoms with Gasteiger partial charge in [-0.3, -0.25) is 9.59 Å². The van der Waals surface area contributed by atoms with E-state index in [1.54, 1.807) is 0 Å². The molecule has 0 saturated carbocycles. The molecule has 0 radical (unpaired) electrons. The van der Waals surface area contributed by atoms with Crippen molar-refractivity contribution in [2.45, 2.75) is 12.6 Å². The lowest BCUT2D eigenvalue weighted by molar-refractivity contribution is -0.122. The molecule has 1 atom stereocenters. The summed E-state index contributed by atoms with van der Waals surface area (Å²) in [5.74, 6) is -0.0929. The summed E-state index contributed by atoms with van der Waals surface area (Å²) in [6.45, 7) is 0.833. The molecule has 0 unspecified atom stereocenters. The monoisotopic (exact) mass is 399 g/mol. The Bertz CT molecular complexity index is 1190. The van der Waals surface area contributed by atoms with E-state index >= 15 is 0 Å². The third-order valence-corrected chi connectivity index (χ3v) is 5.27. The van der Waals surface area contributed by atoms with Crippen molar-refractivity contribution >= 4 is 27.7 Å². The van der Waals surface area contributed by atoms with Gasteiger partial charge in [-0.05, 0) is 43.9 Å². The Hall–Kier alpha value is -3.44. The van der Waals surface area contributed by atoms with E-state index in [9.17, 15) is 9.59 Å². The maximum atomic E-state index is 13.1. The molecule has 0 bridgehead atoms. The Morgan fingerprint density at radius 1 is 0.867 bits per heavy atom. The van der Waals surface area contributed by atoms with Crippen LogP contribution >= 0.6 is 0 Å². The number of hydrogen-bond acceptors (Lipinski definition) is 3. The number of carbonyl (C=O) groups is 1. The Morgan fingerprint density at radius 3 is 1.97 bits per heavy atom. The number of para-hydroxylation sites is 2. The lowest BCUT2D eigenvalue weighted by Crippen LogP contribution is -2.37. The summed E-state index contributed by atoms with van der Waals surface area (Å²) in [4.78, 5) is 28.1. The molecule has 0 fully saturated rings.